The monoisotopic (exact) mass is 554 g/mol. The Hall–Kier alpha value is -4.50. The van der Waals surface area contributed by atoms with Crippen LogP contribution in [0.3, 0.4) is 0 Å². The fraction of sp³-hybridized carbons (Fsp3) is 0.226. The Bertz CT molecular complexity index is 1550. The number of aryl methyl sites for hydroxylation is 1. The molecule has 2 N–H and O–H groups in total. The summed E-state index contributed by atoms with van der Waals surface area (Å²) < 4.78 is 11.2. The standard InChI is InChI=1S/C31H30N4O4S/c1-18(2)29(36)33-23-13-12-22(17-19(23)3)35-28(27(34-31(35)40)24-7-5-6-16-32-24)26-15-14-25(39-26)20-8-10-21(11-9-20)30(37)38-4/h5-18,27-28H,1-4H3,(H,33,36)(H,34,40). The van der Waals surface area contributed by atoms with Gasteiger partial charge in [-0.3, -0.25) is 9.78 Å². The van der Waals surface area contributed by atoms with Crippen LogP contribution in [0, 0.1) is 12.8 Å². The molecular formula is C31H30N4O4S. The van der Waals surface area contributed by atoms with Crippen LogP contribution in [0.2, 0.25) is 0 Å². The summed E-state index contributed by atoms with van der Waals surface area (Å²) in [5.41, 5.74) is 4.66. The second-order valence-corrected chi connectivity index (χ2v) is 10.3. The highest BCUT2D eigenvalue weighted by Gasteiger charge is 2.42. The molecule has 2 aromatic carbocycles. The molecule has 0 bridgehead atoms. The molecule has 2 atom stereocenters. The Morgan fingerprint density at radius 2 is 1.85 bits per heavy atom. The first-order chi connectivity index (χ1) is 19.3. The van der Waals surface area contributed by atoms with Crippen LogP contribution < -0.4 is 15.5 Å². The van der Waals surface area contributed by atoms with Crippen LogP contribution in [0.25, 0.3) is 11.3 Å². The lowest BCUT2D eigenvalue weighted by Gasteiger charge is -2.27. The van der Waals surface area contributed by atoms with Gasteiger partial charge in [-0.25, -0.2) is 4.79 Å². The average molecular weight is 555 g/mol. The summed E-state index contributed by atoms with van der Waals surface area (Å²) in [5.74, 6) is 0.806. The van der Waals surface area contributed by atoms with Gasteiger partial charge in [0.25, 0.3) is 0 Å². The zero-order chi connectivity index (χ0) is 28.4. The molecule has 1 fully saturated rings. The molecule has 0 radical (unpaired) electrons. The van der Waals surface area contributed by atoms with Crippen molar-refractivity contribution >= 4 is 40.6 Å². The molecule has 9 heteroatoms. The predicted octanol–water partition coefficient (Wildman–Crippen LogP) is 6.21. The number of pyridine rings is 1. The van der Waals surface area contributed by atoms with Gasteiger partial charge in [0, 0.05) is 29.1 Å². The number of amides is 1. The fourth-order valence-electron chi connectivity index (χ4n) is 4.69. The van der Waals surface area contributed by atoms with Crippen molar-refractivity contribution in [1.29, 1.82) is 0 Å². The Morgan fingerprint density at radius 3 is 2.50 bits per heavy atom. The van der Waals surface area contributed by atoms with Crippen LogP contribution in [0.15, 0.2) is 83.4 Å². The number of nitrogens with zero attached hydrogens (tertiary/aromatic N) is 2. The van der Waals surface area contributed by atoms with Gasteiger partial charge >= 0.3 is 5.97 Å². The van der Waals surface area contributed by atoms with Gasteiger partial charge in [-0.15, -0.1) is 0 Å². The van der Waals surface area contributed by atoms with Gasteiger partial charge in [0.1, 0.15) is 17.6 Å². The van der Waals surface area contributed by atoms with Crippen LogP contribution in [-0.4, -0.2) is 29.1 Å². The molecule has 2 unspecified atom stereocenters. The third kappa shape index (κ3) is 5.33. The molecule has 1 aliphatic rings. The molecule has 5 rings (SSSR count). The van der Waals surface area contributed by atoms with Crippen molar-refractivity contribution in [3.63, 3.8) is 0 Å². The smallest absolute Gasteiger partial charge is 0.337 e. The van der Waals surface area contributed by atoms with Gasteiger partial charge in [-0.05, 0) is 79.3 Å². The number of ether oxygens (including phenoxy) is 1. The highest BCUT2D eigenvalue weighted by atomic mass is 32.1. The van der Waals surface area contributed by atoms with E-state index in [1.165, 1.54) is 7.11 Å². The van der Waals surface area contributed by atoms with E-state index in [0.29, 0.717) is 22.2 Å². The highest BCUT2D eigenvalue weighted by molar-refractivity contribution is 7.80. The second kappa shape index (κ2) is 11.3. The number of anilines is 2. The minimum atomic E-state index is -0.392. The normalized spacial score (nSPS) is 16.6. The van der Waals surface area contributed by atoms with Crippen molar-refractivity contribution in [2.45, 2.75) is 32.9 Å². The Balaban J connectivity index is 1.52. The summed E-state index contributed by atoms with van der Waals surface area (Å²) in [6.07, 6.45) is 1.76. The molecule has 4 aromatic rings. The fourth-order valence-corrected chi connectivity index (χ4v) is 5.04. The number of hydrogen-bond acceptors (Lipinski definition) is 6. The second-order valence-electron chi connectivity index (χ2n) is 9.91. The Labute approximate surface area is 238 Å². The minimum absolute atomic E-state index is 0.0370. The van der Waals surface area contributed by atoms with Crippen LogP contribution >= 0.6 is 12.2 Å². The summed E-state index contributed by atoms with van der Waals surface area (Å²) in [7, 11) is 1.36. The lowest BCUT2D eigenvalue weighted by atomic mass is 10.0. The van der Waals surface area contributed by atoms with Gasteiger partial charge in [-0.2, -0.15) is 0 Å². The first kappa shape index (κ1) is 27.1. The number of aromatic nitrogens is 1. The molecule has 3 heterocycles. The molecule has 0 spiro atoms. The van der Waals surface area contributed by atoms with E-state index in [-0.39, 0.29) is 23.9 Å². The van der Waals surface area contributed by atoms with Crippen LogP contribution in [0.1, 0.15) is 53.3 Å². The number of methoxy groups -OCH3 is 1. The molecule has 1 amide bonds. The van der Waals surface area contributed by atoms with Gasteiger partial charge in [-0.1, -0.05) is 32.0 Å². The van der Waals surface area contributed by atoms with E-state index in [1.807, 2.05) is 86.3 Å². The summed E-state index contributed by atoms with van der Waals surface area (Å²) in [5, 5.41) is 6.97. The number of carbonyl (C=O) groups is 2. The number of hydrogen-bond donors (Lipinski definition) is 2. The lowest BCUT2D eigenvalue weighted by molar-refractivity contribution is -0.118. The first-order valence-corrected chi connectivity index (χ1v) is 13.4. The third-order valence-electron chi connectivity index (χ3n) is 6.88. The van der Waals surface area contributed by atoms with E-state index in [4.69, 9.17) is 21.4 Å². The molecule has 8 nitrogen and oxygen atoms in total. The molecule has 204 valence electrons. The van der Waals surface area contributed by atoms with Crippen LogP contribution in [-0.2, 0) is 9.53 Å². The Morgan fingerprint density at radius 1 is 1.07 bits per heavy atom. The van der Waals surface area contributed by atoms with Crippen LogP contribution in [0.4, 0.5) is 11.4 Å². The molecule has 0 saturated carbocycles. The van der Waals surface area contributed by atoms with Gasteiger partial charge < -0.3 is 24.7 Å². The number of furan rings is 1. The molecular weight excluding hydrogens is 524 g/mol. The summed E-state index contributed by atoms with van der Waals surface area (Å²) in [6, 6.07) is 22.0. The van der Waals surface area contributed by atoms with Crippen molar-refractivity contribution in [2.75, 3.05) is 17.3 Å². The van der Waals surface area contributed by atoms with E-state index in [0.717, 1.165) is 28.2 Å². The number of carbonyl (C=O) groups excluding carboxylic acids is 2. The number of nitrogens with one attached hydrogen (secondary N) is 2. The summed E-state index contributed by atoms with van der Waals surface area (Å²) in [6.45, 7) is 5.68. The maximum Gasteiger partial charge on any atom is 0.337 e. The van der Waals surface area contributed by atoms with E-state index >= 15 is 0 Å². The largest absolute Gasteiger partial charge is 0.465 e. The van der Waals surface area contributed by atoms with Gasteiger partial charge in [0.2, 0.25) is 5.91 Å². The van der Waals surface area contributed by atoms with Crippen LogP contribution in [0.5, 0.6) is 0 Å². The van der Waals surface area contributed by atoms with Crippen molar-refractivity contribution < 1.29 is 18.7 Å². The number of esters is 1. The van der Waals surface area contributed by atoms with E-state index in [2.05, 4.69) is 15.6 Å². The minimum Gasteiger partial charge on any atom is -0.465 e. The maximum absolute atomic E-state index is 12.3. The third-order valence-corrected chi connectivity index (χ3v) is 7.19. The lowest BCUT2D eigenvalue weighted by Crippen LogP contribution is -2.29. The molecule has 2 aromatic heterocycles. The van der Waals surface area contributed by atoms with Crippen molar-refractivity contribution in [2.24, 2.45) is 5.92 Å². The van der Waals surface area contributed by atoms with E-state index in [9.17, 15) is 9.59 Å². The first-order valence-electron chi connectivity index (χ1n) is 13.0. The van der Waals surface area contributed by atoms with Crippen molar-refractivity contribution in [3.05, 3.63) is 102 Å². The van der Waals surface area contributed by atoms with Gasteiger partial charge in [0.15, 0.2) is 5.11 Å². The van der Waals surface area contributed by atoms with E-state index in [1.54, 1.807) is 18.3 Å². The zero-order valence-corrected chi connectivity index (χ0v) is 23.5. The van der Waals surface area contributed by atoms with Crippen molar-refractivity contribution in [3.8, 4) is 11.3 Å². The molecule has 40 heavy (non-hydrogen) atoms. The topological polar surface area (TPSA) is 96.7 Å². The van der Waals surface area contributed by atoms with Gasteiger partial charge in [0.05, 0.1) is 24.4 Å². The Kier molecular flexibility index (Phi) is 7.66. The molecule has 0 aliphatic carbocycles. The van der Waals surface area contributed by atoms with E-state index < -0.39 is 5.97 Å². The molecule has 1 aliphatic heterocycles. The average Bonchev–Trinajstić information content (AvgIpc) is 3.59. The molecule has 1 saturated heterocycles. The number of rotatable bonds is 7. The summed E-state index contributed by atoms with van der Waals surface area (Å²) in [4.78, 5) is 30.8. The predicted molar refractivity (Wildman–Crippen MR) is 158 cm³/mol. The van der Waals surface area contributed by atoms with Crippen molar-refractivity contribution in [1.82, 2.24) is 10.3 Å². The number of benzene rings is 2. The number of thiocarbonyl (C=S) groups is 1. The highest BCUT2D eigenvalue weighted by Crippen LogP contribution is 2.43. The quantitative estimate of drug-likeness (QED) is 0.206. The summed E-state index contributed by atoms with van der Waals surface area (Å²) >= 11 is 5.84. The maximum atomic E-state index is 12.3. The SMILES string of the molecule is COC(=O)c1ccc(-c2ccc(C3C(c4ccccn4)NC(=S)N3c3ccc(NC(=O)C(C)C)c(C)c3)o2)cc1. The zero-order valence-electron chi connectivity index (χ0n) is 22.7.